The lowest BCUT2D eigenvalue weighted by Crippen LogP contribution is -2.41. The number of fused-ring (bicyclic) bond motifs is 1. The van der Waals surface area contributed by atoms with E-state index >= 15 is 0 Å². The van der Waals surface area contributed by atoms with Crippen molar-refractivity contribution in [2.45, 2.75) is 26.4 Å². The molecule has 1 heterocycles. The van der Waals surface area contributed by atoms with Crippen LogP contribution in [-0.4, -0.2) is 40.2 Å². The van der Waals surface area contributed by atoms with E-state index in [1.165, 1.54) is 15.7 Å². The maximum atomic E-state index is 12.4. The molecule has 0 saturated carbocycles. The molecule has 122 valence electrons. The number of alkyl carbamates (subject to hydrolysis) is 1. The Morgan fingerprint density at radius 2 is 1.82 bits per heavy atom. The van der Waals surface area contributed by atoms with Crippen LogP contribution in [-0.2, 0) is 14.9 Å². The average molecular weight is 327 g/mol. The zero-order chi connectivity index (χ0) is 16.5. The van der Waals surface area contributed by atoms with Gasteiger partial charge in [0.25, 0.3) is 0 Å². The topological polar surface area (TPSA) is 79.0 Å². The number of benzene rings is 1. The summed E-state index contributed by atoms with van der Waals surface area (Å²) in [5.41, 5.74) is 0.645. The Kier molecular flexibility index (Phi) is 4.23. The molecule has 0 aliphatic carbocycles. The first-order chi connectivity index (χ1) is 10.1. The van der Waals surface area contributed by atoms with Crippen LogP contribution in [0, 0.1) is 0 Å². The van der Waals surface area contributed by atoms with Crippen LogP contribution in [0.5, 0.6) is 0 Å². The monoisotopic (exact) mass is 327 g/mol. The predicted octanol–water partition coefficient (Wildman–Crippen LogP) is 1.71. The minimum absolute atomic E-state index is 0.142. The van der Waals surface area contributed by atoms with E-state index in [2.05, 4.69) is 5.32 Å². The van der Waals surface area contributed by atoms with Crippen molar-refractivity contribution >= 4 is 27.7 Å². The molecule has 0 atom stereocenters. The molecular weight excluding hydrogens is 306 g/mol. The maximum Gasteiger partial charge on any atom is 0.407 e. The largest absolute Gasteiger partial charge is 0.444 e. The van der Waals surface area contributed by atoms with Gasteiger partial charge in [-0.25, -0.2) is 9.10 Å². The van der Waals surface area contributed by atoms with Crippen LogP contribution in [0.15, 0.2) is 24.3 Å². The number of rotatable bonds is 3. The molecule has 2 rings (SSSR count). The molecule has 1 amide bonds. The van der Waals surface area contributed by atoms with Crippen LogP contribution < -0.4 is 13.9 Å². The van der Waals surface area contributed by atoms with Gasteiger partial charge in [0.2, 0.25) is 0 Å². The number of hydrogen-bond donors (Lipinski definition) is 1. The Balaban J connectivity index is 2.03. The first-order valence-corrected chi connectivity index (χ1v) is 8.35. The van der Waals surface area contributed by atoms with Gasteiger partial charge in [-0.3, -0.25) is 4.31 Å². The predicted molar refractivity (Wildman–Crippen MR) is 85.3 cm³/mol. The number of nitrogens with zero attached hydrogens (tertiary/aromatic N) is 2. The zero-order valence-corrected chi connectivity index (χ0v) is 14.0. The summed E-state index contributed by atoms with van der Waals surface area (Å²) >= 11 is 0. The SMILES string of the molecule is CN1c2ccccc2N(CCNC(=O)OC(C)(C)C)S1(=O)=O. The molecule has 22 heavy (non-hydrogen) atoms. The number of para-hydroxylation sites is 2. The Labute approximate surface area is 131 Å². The van der Waals surface area contributed by atoms with E-state index in [1.807, 2.05) is 0 Å². The van der Waals surface area contributed by atoms with Gasteiger partial charge in [0, 0.05) is 13.6 Å². The number of hydrogen-bond acceptors (Lipinski definition) is 4. The third-order valence-electron chi connectivity index (χ3n) is 3.10. The summed E-state index contributed by atoms with van der Waals surface area (Å²) in [4.78, 5) is 11.6. The minimum atomic E-state index is -3.58. The standard InChI is InChI=1S/C14H21N3O4S/c1-14(2,3)21-13(18)15-9-10-17-12-8-6-5-7-11(12)16(4)22(17,19)20/h5-8H,9-10H2,1-4H3,(H,15,18). The maximum absolute atomic E-state index is 12.4. The summed E-state index contributed by atoms with van der Waals surface area (Å²) in [5, 5.41) is 2.56. The Hall–Kier alpha value is -1.96. The lowest BCUT2D eigenvalue weighted by atomic mass is 10.2. The number of ether oxygens (including phenoxy) is 1. The summed E-state index contributed by atoms with van der Waals surface area (Å²) < 4.78 is 32.4. The van der Waals surface area contributed by atoms with Crippen LogP contribution >= 0.6 is 0 Å². The molecule has 0 saturated heterocycles. The van der Waals surface area contributed by atoms with Gasteiger partial charge >= 0.3 is 16.3 Å². The first-order valence-electron chi connectivity index (χ1n) is 6.95. The second-order valence-electron chi connectivity index (χ2n) is 5.96. The molecule has 1 aliphatic heterocycles. The van der Waals surface area contributed by atoms with Crippen molar-refractivity contribution in [3.05, 3.63) is 24.3 Å². The summed E-state index contributed by atoms with van der Waals surface area (Å²) in [7, 11) is -2.07. The normalized spacial score (nSPS) is 16.4. The van der Waals surface area contributed by atoms with E-state index < -0.39 is 21.9 Å². The van der Waals surface area contributed by atoms with E-state index in [1.54, 1.807) is 45.0 Å². The average Bonchev–Trinajstić information content (AvgIpc) is 2.58. The molecule has 0 aromatic heterocycles. The lowest BCUT2D eigenvalue weighted by Gasteiger charge is -2.21. The third-order valence-corrected chi connectivity index (χ3v) is 4.92. The molecule has 0 bridgehead atoms. The summed E-state index contributed by atoms with van der Waals surface area (Å²) in [6.07, 6.45) is -0.564. The second kappa shape index (κ2) is 5.68. The minimum Gasteiger partial charge on any atom is -0.444 e. The highest BCUT2D eigenvalue weighted by Gasteiger charge is 2.37. The van der Waals surface area contributed by atoms with Crippen LogP contribution in [0.4, 0.5) is 16.2 Å². The number of carbonyl (C=O) groups is 1. The molecule has 1 aromatic carbocycles. The van der Waals surface area contributed by atoms with Crippen molar-refractivity contribution in [2.75, 3.05) is 28.7 Å². The zero-order valence-electron chi connectivity index (χ0n) is 13.2. The number of carbonyl (C=O) groups excluding carboxylic acids is 1. The van der Waals surface area contributed by atoms with E-state index in [0.29, 0.717) is 11.4 Å². The van der Waals surface area contributed by atoms with Gasteiger partial charge < -0.3 is 10.1 Å². The highest BCUT2D eigenvalue weighted by atomic mass is 32.2. The van der Waals surface area contributed by atoms with E-state index in [0.717, 1.165) is 0 Å². The fourth-order valence-corrected chi connectivity index (χ4v) is 3.57. The highest BCUT2D eigenvalue weighted by molar-refractivity contribution is 7.94. The van der Waals surface area contributed by atoms with Crippen LogP contribution in [0.2, 0.25) is 0 Å². The Bertz CT molecular complexity index is 667. The molecule has 1 aromatic rings. The third kappa shape index (κ3) is 3.27. The van der Waals surface area contributed by atoms with Crippen molar-refractivity contribution in [3.63, 3.8) is 0 Å². The van der Waals surface area contributed by atoms with Crippen LogP contribution in [0.3, 0.4) is 0 Å². The Morgan fingerprint density at radius 3 is 2.41 bits per heavy atom. The van der Waals surface area contributed by atoms with Gasteiger partial charge in [0.1, 0.15) is 5.60 Å². The van der Waals surface area contributed by atoms with Gasteiger partial charge in [0.15, 0.2) is 0 Å². The van der Waals surface area contributed by atoms with Crippen molar-refractivity contribution in [2.24, 2.45) is 0 Å². The second-order valence-corrected chi connectivity index (χ2v) is 7.85. The van der Waals surface area contributed by atoms with E-state index in [4.69, 9.17) is 4.74 Å². The van der Waals surface area contributed by atoms with Crippen molar-refractivity contribution in [3.8, 4) is 0 Å². The van der Waals surface area contributed by atoms with Gasteiger partial charge in [-0.2, -0.15) is 8.42 Å². The van der Waals surface area contributed by atoms with Gasteiger partial charge in [0.05, 0.1) is 17.9 Å². The number of amides is 1. The molecule has 0 radical (unpaired) electrons. The smallest absolute Gasteiger partial charge is 0.407 e. The first kappa shape index (κ1) is 16.4. The van der Waals surface area contributed by atoms with Crippen LogP contribution in [0.1, 0.15) is 20.8 Å². The lowest BCUT2D eigenvalue weighted by molar-refractivity contribution is 0.0529. The fraction of sp³-hybridized carbons (Fsp3) is 0.500. The molecule has 7 nitrogen and oxygen atoms in total. The van der Waals surface area contributed by atoms with Crippen molar-refractivity contribution < 1.29 is 17.9 Å². The molecule has 8 heteroatoms. The summed E-state index contributed by atoms with van der Waals surface area (Å²) in [5.74, 6) is 0. The van der Waals surface area contributed by atoms with Gasteiger partial charge in [-0.1, -0.05) is 12.1 Å². The van der Waals surface area contributed by atoms with Crippen LogP contribution in [0.25, 0.3) is 0 Å². The molecule has 0 unspecified atom stereocenters. The number of anilines is 2. The summed E-state index contributed by atoms with van der Waals surface area (Å²) in [6, 6.07) is 7.05. The molecule has 0 spiro atoms. The van der Waals surface area contributed by atoms with Crippen molar-refractivity contribution in [1.29, 1.82) is 0 Å². The summed E-state index contributed by atoms with van der Waals surface area (Å²) in [6.45, 7) is 5.60. The fourth-order valence-electron chi connectivity index (χ4n) is 2.15. The number of nitrogens with one attached hydrogen (secondary N) is 1. The molecular formula is C14H21N3O4S. The van der Waals surface area contributed by atoms with Gasteiger partial charge in [-0.05, 0) is 32.9 Å². The quantitative estimate of drug-likeness (QED) is 0.917. The highest BCUT2D eigenvalue weighted by Crippen LogP contribution is 2.38. The van der Waals surface area contributed by atoms with Gasteiger partial charge in [-0.15, -0.1) is 0 Å². The molecule has 0 fully saturated rings. The molecule has 1 N–H and O–H groups in total. The van der Waals surface area contributed by atoms with Crippen molar-refractivity contribution in [1.82, 2.24) is 5.32 Å². The Morgan fingerprint density at radius 1 is 1.23 bits per heavy atom. The van der Waals surface area contributed by atoms with E-state index in [-0.39, 0.29) is 13.1 Å². The molecule has 1 aliphatic rings. The van der Waals surface area contributed by atoms with E-state index in [9.17, 15) is 13.2 Å².